The Kier molecular flexibility index (Phi) is 9.56. The normalized spacial score (nSPS) is 14.4. The van der Waals surface area contributed by atoms with Gasteiger partial charge in [0, 0.05) is 36.1 Å². The van der Waals surface area contributed by atoms with Crippen LogP contribution in [0.25, 0.3) is 0 Å². The summed E-state index contributed by atoms with van der Waals surface area (Å²) in [4.78, 5) is 30.1. The number of hydrogen-bond donors (Lipinski definition) is 1. The lowest BCUT2D eigenvalue weighted by molar-refractivity contribution is -0.141. The van der Waals surface area contributed by atoms with E-state index in [1.54, 1.807) is 28.8 Å². The van der Waals surface area contributed by atoms with Crippen molar-refractivity contribution in [2.75, 3.05) is 5.75 Å². The first-order valence-corrected chi connectivity index (χ1v) is 13.6. The zero-order chi connectivity index (χ0) is 25.2. The second-order valence-electron chi connectivity index (χ2n) is 9.26. The fourth-order valence-electron chi connectivity index (χ4n) is 4.62. The van der Waals surface area contributed by atoms with Crippen LogP contribution in [0.3, 0.4) is 0 Å². The van der Waals surface area contributed by atoms with Gasteiger partial charge in [0.2, 0.25) is 11.8 Å². The van der Waals surface area contributed by atoms with Crippen molar-refractivity contribution in [3.63, 3.8) is 0 Å². The summed E-state index contributed by atoms with van der Waals surface area (Å²) in [5.74, 6) is 0.100. The number of amides is 2. The maximum Gasteiger partial charge on any atom is 0.243 e. The Labute approximate surface area is 217 Å². The number of rotatable bonds is 11. The molecule has 3 aromatic rings. The molecule has 1 atom stereocenters. The highest BCUT2D eigenvalue weighted by Crippen LogP contribution is 2.22. The minimum atomic E-state index is -0.646. The quantitative estimate of drug-likeness (QED) is 0.326. The molecule has 4 nitrogen and oxygen atoms in total. The van der Waals surface area contributed by atoms with Gasteiger partial charge < -0.3 is 10.2 Å². The summed E-state index contributed by atoms with van der Waals surface area (Å²) in [6.07, 6.45) is 4.92. The number of carbonyl (C=O) groups excluding carboxylic acids is 2. The van der Waals surface area contributed by atoms with Gasteiger partial charge in [0.1, 0.15) is 11.9 Å². The zero-order valence-electron chi connectivity index (χ0n) is 20.4. The highest BCUT2D eigenvalue weighted by molar-refractivity contribution is 7.99. The molecule has 4 rings (SSSR count). The highest BCUT2D eigenvalue weighted by atomic mass is 32.2. The van der Waals surface area contributed by atoms with Crippen LogP contribution in [0.2, 0.25) is 0 Å². The molecule has 0 spiro atoms. The summed E-state index contributed by atoms with van der Waals surface area (Å²) in [6.45, 7) is 0.255. The molecule has 3 aromatic carbocycles. The number of nitrogens with zero attached hydrogens (tertiary/aromatic N) is 1. The predicted molar refractivity (Wildman–Crippen MR) is 143 cm³/mol. The molecule has 0 heterocycles. The molecule has 0 unspecified atom stereocenters. The third-order valence-electron chi connectivity index (χ3n) is 6.57. The van der Waals surface area contributed by atoms with Crippen molar-refractivity contribution in [1.82, 2.24) is 10.2 Å². The van der Waals surface area contributed by atoms with Gasteiger partial charge in [0.05, 0.1) is 0 Å². The molecular weight excluding hydrogens is 471 g/mol. The van der Waals surface area contributed by atoms with Crippen LogP contribution < -0.4 is 5.32 Å². The topological polar surface area (TPSA) is 49.4 Å². The third-order valence-corrected chi connectivity index (χ3v) is 7.58. The number of nitrogens with one attached hydrogen (secondary N) is 1. The Balaban J connectivity index is 1.56. The van der Waals surface area contributed by atoms with Crippen LogP contribution in [0.4, 0.5) is 4.39 Å². The van der Waals surface area contributed by atoms with Crippen LogP contribution in [-0.4, -0.2) is 34.6 Å². The first kappa shape index (κ1) is 26.0. The van der Waals surface area contributed by atoms with Crippen molar-refractivity contribution in [1.29, 1.82) is 0 Å². The monoisotopic (exact) mass is 504 g/mol. The van der Waals surface area contributed by atoms with E-state index in [9.17, 15) is 14.0 Å². The summed E-state index contributed by atoms with van der Waals surface area (Å²) < 4.78 is 13.6. The second kappa shape index (κ2) is 13.3. The van der Waals surface area contributed by atoms with E-state index < -0.39 is 6.04 Å². The van der Waals surface area contributed by atoms with E-state index in [-0.39, 0.29) is 30.2 Å². The summed E-state index contributed by atoms with van der Waals surface area (Å²) in [6, 6.07) is 25.5. The van der Waals surface area contributed by atoms with Gasteiger partial charge in [0.25, 0.3) is 0 Å². The highest BCUT2D eigenvalue weighted by Gasteiger charge is 2.32. The van der Waals surface area contributed by atoms with Crippen LogP contribution in [0.15, 0.2) is 89.8 Å². The summed E-state index contributed by atoms with van der Waals surface area (Å²) >= 11 is 1.63. The molecule has 2 amide bonds. The van der Waals surface area contributed by atoms with Crippen molar-refractivity contribution >= 4 is 23.6 Å². The Hall–Kier alpha value is -3.12. The van der Waals surface area contributed by atoms with Crippen molar-refractivity contribution in [3.05, 3.63) is 102 Å². The molecule has 0 radical (unpaired) electrons. The first-order chi connectivity index (χ1) is 17.6. The standard InChI is InChI=1S/C30H33FN2O2S/c31-25-17-15-24(16-18-25)22-33(29(34)19-20-36-27-13-5-2-6-14-27)28(21-23-9-3-1-4-10-23)30(35)32-26-11-7-8-12-26/h1-6,9-10,13-18,26,28H,7-8,11-12,19-22H2,(H,32,35)/t28-/m1/s1. The van der Waals surface area contributed by atoms with E-state index in [1.807, 2.05) is 60.7 Å². The smallest absolute Gasteiger partial charge is 0.243 e. The average molecular weight is 505 g/mol. The second-order valence-corrected chi connectivity index (χ2v) is 10.4. The molecule has 0 aromatic heterocycles. The first-order valence-electron chi connectivity index (χ1n) is 12.6. The summed E-state index contributed by atoms with van der Waals surface area (Å²) in [5, 5.41) is 3.21. The predicted octanol–water partition coefficient (Wildman–Crippen LogP) is 6.01. The van der Waals surface area contributed by atoms with Gasteiger partial charge >= 0.3 is 0 Å². The fourth-order valence-corrected chi connectivity index (χ4v) is 5.49. The zero-order valence-corrected chi connectivity index (χ0v) is 21.3. The largest absolute Gasteiger partial charge is 0.352 e. The minimum Gasteiger partial charge on any atom is -0.352 e. The van der Waals surface area contributed by atoms with Gasteiger partial charge in [-0.05, 0) is 48.2 Å². The Bertz CT molecular complexity index is 1100. The van der Waals surface area contributed by atoms with Crippen LogP contribution in [0.1, 0.15) is 43.2 Å². The maximum atomic E-state index is 13.6. The molecule has 1 saturated carbocycles. The van der Waals surface area contributed by atoms with Gasteiger partial charge in [-0.25, -0.2) is 4.39 Å². The lowest BCUT2D eigenvalue weighted by atomic mass is 10.0. The van der Waals surface area contributed by atoms with E-state index in [2.05, 4.69) is 5.32 Å². The third kappa shape index (κ3) is 7.69. The molecule has 1 fully saturated rings. The van der Waals surface area contributed by atoms with Gasteiger partial charge in [-0.1, -0.05) is 73.5 Å². The molecule has 0 aliphatic heterocycles. The molecule has 188 valence electrons. The van der Waals surface area contributed by atoms with Gasteiger partial charge in [0.15, 0.2) is 0 Å². The molecule has 0 bridgehead atoms. The van der Waals surface area contributed by atoms with Gasteiger partial charge in [-0.3, -0.25) is 9.59 Å². The number of carbonyl (C=O) groups is 2. The number of thioether (sulfide) groups is 1. The van der Waals surface area contributed by atoms with Crippen molar-refractivity contribution in [3.8, 4) is 0 Å². The van der Waals surface area contributed by atoms with Crippen LogP contribution >= 0.6 is 11.8 Å². The van der Waals surface area contributed by atoms with Gasteiger partial charge in [-0.2, -0.15) is 0 Å². The van der Waals surface area contributed by atoms with Crippen molar-refractivity contribution < 1.29 is 14.0 Å². The summed E-state index contributed by atoms with van der Waals surface area (Å²) in [5.41, 5.74) is 1.80. The molecule has 36 heavy (non-hydrogen) atoms. The molecular formula is C30H33FN2O2S. The number of hydrogen-bond acceptors (Lipinski definition) is 3. The lowest BCUT2D eigenvalue weighted by Gasteiger charge is -2.32. The van der Waals surface area contributed by atoms with Crippen molar-refractivity contribution in [2.45, 2.75) is 62.0 Å². The fraction of sp³-hybridized carbons (Fsp3) is 0.333. The molecule has 1 aliphatic carbocycles. The minimum absolute atomic E-state index is 0.0785. The SMILES string of the molecule is O=C(NC1CCCC1)[C@@H](Cc1ccccc1)N(Cc1ccc(F)cc1)C(=O)CCSc1ccccc1. The van der Waals surface area contributed by atoms with Crippen LogP contribution in [0, 0.1) is 5.82 Å². The van der Waals surface area contributed by atoms with E-state index in [4.69, 9.17) is 0 Å². The Morgan fingerprint density at radius 3 is 2.19 bits per heavy atom. The van der Waals surface area contributed by atoms with Crippen LogP contribution in [-0.2, 0) is 22.6 Å². The van der Waals surface area contributed by atoms with Crippen molar-refractivity contribution in [2.24, 2.45) is 0 Å². The molecule has 6 heteroatoms. The summed E-state index contributed by atoms with van der Waals surface area (Å²) in [7, 11) is 0. The lowest BCUT2D eigenvalue weighted by Crippen LogP contribution is -2.52. The molecule has 0 saturated heterocycles. The molecule has 1 N–H and O–H groups in total. The van der Waals surface area contributed by atoms with Gasteiger partial charge in [-0.15, -0.1) is 11.8 Å². The maximum absolute atomic E-state index is 13.6. The van der Waals surface area contributed by atoms with E-state index in [0.717, 1.165) is 41.7 Å². The van der Waals surface area contributed by atoms with E-state index in [1.165, 1.54) is 12.1 Å². The Morgan fingerprint density at radius 2 is 1.53 bits per heavy atom. The number of benzene rings is 3. The Morgan fingerprint density at radius 1 is 0.889 bits per heavy atom. The van der Waals surface area contributed by atoms with E-state index in [0.29, 0.717) is 18.6 Å². The van der Waals surface area contributed by atoms with Crippen LogP contribution in [0.5, 0.6) is 0 Å². The van der Waals surface area contributed by atoms with E-state index >= 15 is 0 Å². The number of halogens is 1. The molecule has 1 aliphatic rings. The average Bonchev–Trinajstić information content (AvgIpc) is 3.41.